The zero-order chi connectivity index (χ0) is 14.3. The molecule has 1 amide bonds. The van der Waals surface area contributed by atoms with Crippen LogP contribution in [0.25, 0.3) is 0 Å². The quantitative estimate of drug-likeness (QED) is 0.588. The number of hydrogen-bond donors (Lipinski definition) is 2. The Balaban J connectivity index is 2.43. The van der Waals surface area contributed by atoms with Crippen molar-refractivity contribution in [3.8, 4) is 0 Å². The Bertz CT molecular complexity index is 414. The highest BCUT2D eigenvalue weighted by atomic mass is 16.5. The van der Waals surface area contributed by atoms with Gasteiger partial charge in [0.1, 0.15) is 12.0 Å². The minimum Gasteiger partial charge on any atom is -0.364 e. The van der Waals surface area contributed by atoms with E-state index in [9.17, 15) is 4.79 Å². The molecule has 0 bridgehead atoms. The third-order valence-corrected chi connectivity index (χ3v) is 2.32. The van der Waals surface area contributed by atoms with E-state index in [-0.39, 0.29) is 18.5 Å². The maximum atomic E-state index is 11.5. The van der Waals surface area contributed by atoms with Crippen molar-refractivity contribution in [3.63, 3.8) is 0 Å². The maximum absolute atomic E-state index is 11.5. The molecule has 1 aromatic rings. The van der Waals surface area contributed by atoms with E-state index < -0.39 is 0 Å². The van der Waals surface area contributed by atoms with Crippen LogP contribution in [0.4, 0.5) is 0 Å². The molecule has 106 valence electrons. The molecule has 0 saturated carbocycles. The van der Waals surface area contributed by atoms with E-state index in [0.717, 1.165) is 5.69 Å². The third-order valence-electron chi connectivity index (χ3n) is 2.32. The van der Waals surface area contributed by atoms with Crippen LogP contribution in [0.2, 0.25) is 0 Å². The number of guanidine groups is 1. The van der Waals surface area contributed by atoms with Crippen LogP contribution in [-0.2, 0) is 11.3 Å². The van der Waals surface area contributed by atoms with E-state index in [1.807, 2.05) is 25.8 Å². The van der Waals surface area contributed by atoms with Crippen molar-refractivity contribution in [2.75, 3.05) is 20.6 Å². The first-order valence-electron chi connectivity index (χ1n) is 6.13. The molecule has 0 unspecified atom stereocenters. The van der Waals surface area contributed by atoms with Gasteiger partial charge in [-0.2, -0.15) is 0 Å². The smallest absolute Gasteiger partial charge is 0.239 e. The number of carbonyl (C=O) groups is 1. The highest BCUT2D eigenvalue weighted by Crippen LogP contribution is 1.99. The Morgan fingerprint density at radius 3 is 2.84 bits per heavy atom. The zero-order valence-electron chi connectivity index (χ0n) is 11.8. The number of amides is 1. The average Bonchev–Trinajstić information content (AvgIpc) is 2.81. The lowest BCUT2D eigenvalue weighted by atomic mass is 10.4. The fourth-order valence-electron chi connectivity index (χ4n) is 1.55. The number of nitrogens with one attached hydrogen (secondary N) is 2. The van der Waals surface area contributed by atoms with E-state index in [1.165, 1.54) is 6.26 Å². The SMILES string of the molecule is CN=C(NCC(=O)NC(C)C)N(C)Cc1ccon1. The van der Waals surface area contributed by atoms with Gasteiger partial charge < -0.3 is 20.1 Å². The summed E-state index contributed by atoms with van der Waals surface area (Å²) < 4.78 is 4.77. The van der Waals surface area contributed by atoms with Gasteiger partial charge in [0.15, 0.2) is 5.96 Å². The Morgan fingerprint density at radius 2 is 2.32 bits per heavy atom. The number of rotatable bonds is 5. The van der Waals surface area contributed by atoms with Crippen LogP contribution in [0.1, 0.15) is 19.5 Å². The van der Waals surface area contributed by atoms with Crippen LogP contribution in [0.5, 0.6) is 0 Å². The van der Waals surface area contributed by atoms with Gasteiger partial charge in [-0.25, -0.2) is 0 Å². The summed E-state index contributed by atoms with van der Waals surface area (Å²) in [5, 5.41) is 9.63. The molecule has 0 saturated heterocycles. The number of aromatic nitrogens is 1. The highest BCUT2D eigenvalue weighted by molar-refractivity contribution is 5.86. The van der Waals surface area contributed by atoms with Crippen molar-refractivity contribution in [3.05, 3.63) is 18.0 Å². The molecule has 0 atom stereocenters. The molecule has 0 aliphatic carbocycles. The first kappa shape index (κ1) is 15.0. The van der Waals surface area contributed by atoms with Crippen molar-refractivity contribution in [1.29, 1.82) is 0 Å². The number of hydrogen-bond acceptors (Lipinski definition) is 4. The largest absolute Gasteiger partial charge is 0.364 e. The minimum atomic E-state index is -0.0639. The summed E-state index contributed by atoms with van der Waals surface area (Å²) in [6, 6.07) is 1.92. The summed E-state index contributed by atoms with van der Waals surface area (Å²) in [4.78, 5) is 17.5. The normalized spacial score (nSPS) is 11.5. The van der Waals surface area contributed by atoms with Crippen molar-refractivity contribution >= 4 is 11.9 Å². The van der Waals surface area contributed by atoms with Gasteiger partial charge in [-0.3, -0.25) is 9.79 Å². The zero-order valence-corrected chi connectivity index (χ0v) is 11.8. The van der Waals surface area contributed by atoms with Crippen molar-refractivity contribution in [2.45, 2.75) is 26.4 Å². The van der Waals surface area contributed by atoms with Gasteiger partial charge in [-0.1, -0.05) is 5.16 Å². The second-order valence-corrected chi connectivity index (χ2v) is 4.47. The molecule has 0 aliphatic rings. The standard InChI is InChI=1S/C12H21N5O2/c1-9(2)15-11(18)7-14-12(13-3)17(4)8-10-5-6-19-16-10/h5-6,9H,7-8H2,1-4H3,(H,13,14)(H,15,18). The number of aliphatic imine (C=N–C) groups is 1. The molecule has 0 fully saturated rings. The Labute approximate surface area is 113 Å². The average molecular weight is 267 g/mol. The lowest BCUT2D eigenvalue weighted by Gasteiger charge is -2.21. The van der Waals surface area contributed by atoms with Crippen LogP contribution >= 0.6 is 0 Å². The van der Waals surface area contributed by atoms with Gasteiger partial charge in [-0.05, 0) is 13.8 Å². The molecule has 0 aromatic carbocycles. The molecule has 0 aliphatic heterocycles. The molecule has 1 aromatic heterocycles. The first-order valence-corrected chi connectivity index (χ1v) is 6.13. The van der Waals surface area contributed by atoms with E-state index in [2.05, 4.69) is 20.8 Å². The molecular formula is C12H21N5O2. The molecule has 19 heavy (non-hydrogen) atoms. The Morgan fingerprint density at radius 1 is 1.58 bits per heavy atom. The molecule has 0 radical (unpaired) electrons. The predicted octanol–water partition coefficient (Wildman–Crippen LogP) is 0.206. The predicted molar refractivity (Wildman–Crippen MR) is 72.6 cm³/mol. The number of nitrogens with zero attached hydrogens (tertiary/aromatic N) is 3. The fraction of sp³-hybridized carbons (Fsp3) is 0.583. The van der Waals surface area contributed by atoms with Gasteiger partial charge in [0.2, 0.25) is 5.91 Å². The summed E-state index contributed by atoms with van der Waals surface area (Å²) in [5.41, 5.74) is 0.803. The van der Waals surface area contributed by atoms with Crippen LogP contribution in [0.15, 0.2) is 21.8 Å². The fourth-order valence-corrected chi connectivity index (χ4v) is 1.55. The second-order valence-electron chi connectivity index (χ2n) is 4.47. The van der Waals surface area contributed by atoms with Gasteiger partial charge >= 0.3 is 0 Å². The van der Waals surface area contributed by atoms with Gasteiger partial charge in [-0.15, -0.1) is 0 Å². The number of carbonyl (C=O) groups excluding carboxylic acids is 1. The molecule has 1 heterocycles. The van der Waals surface area contributed by atoms with Crippen LogP contribution < -0.4 is 10.6 Å². The molecular weight excluding hydrogens is 246 g/mol. The summed E-state index contributed by atoms with van der Waals surface area (Å²) in [7, 11) is 3.53. The molecule has 7 nitrogen and oxygen atoms in total. The Hall–Kier alpha value is -2.05. The van der Waals surface area contributed by atoms with Gasteiger partial charge in [0, 0.05) is 26.2 Å². The lowest BCUT2D eigenvalue weighted by molar-refractivity contribution is -0.120. The van der Waals surface area contributed by atoms with Crippen molar-refractivity contribution < 1.29 is 9.32 Å². The maximum Gasteiger partial charge on any atom is 0.239 e. The van der Waals surface area contributed by atoms with Crippen molar-refractivity contribution in [1.82, 2.24) is 20.7 Å². The summed E-state index contributed by atoms with van der Waals surface area (Å²) >= 11 is 0. The summed E-state index contributed by atoms with van der Waals surface area (Å²) in [6.07, 6.45) is 1.52. The molecule has 2 N–H and O–H groups in total. The highest BCUT2D eigenvalue weighted by Gasteiger charge is 2.10. The van der Waals surface area contributed by atoms with Crippen LogP contribution in [0, 0.1) is 0 Å². The van der Waals surface area contributed by atoms with Crippen LogP contribution in [0.3, 0.4) is 0 Å². The second kappa shape index (κ2) is 7.40. The third kappa shape index (κ3) is 5.41. The minimum absolute atomic E-state index is 0.0639. The topological polar surface area (TPSA) is 82.8 Å². The lowest BCUT2D eigenvalue weighted by Crippen LogP contribution is -2.45. The van der Waals surface area contributed by atoms with Gasteiger partial charge in [0.05, 0.1) is 13.1 Å². The van der Waals surface area contributed by atoms with Gasteiger partial charge in [0.25, 0.3) is 0 Å². The summed E-state index contributed by atoms with van der Waals surface area (Å²) in [5.74, 6) is 0.563. The monoisotopic (exact) mass is 267 g/mol. The van der Waals surface area contributed by atoms with Crippen LogP contribution in [-0.4, -0.2) is 48.6 Å². The van der Waals surface area contributed by atoms with Crippen molar-refractivity contribution in [2.24, 2.45) is 4.99 Å². The summed E-state index contributed by atoms with van der Waals surface area (Å²) in [6.45, 7) is 4.59. The molecule has 0 spiro atoms. The van der Waals surface area contributed by atoms with E-state index in [4.69, 9.17) is 4.52 Å². The Kier molecular flexibility index (Phi) is 5.84. The van der Waals surface area contributed by atoms with E-state index in [1.54, 1.807) is 13.1 Å². The first-order chi connectivity index (χ1) is 9.02. The molecule has 7 heteroatoms. The molecule has 1 rings (SSSR count). The van der Waals surface area contributed by atoms with E-state index >= 15 is 0 Å². The van der Waals surface area contributed by atoms with E-state index in [0.29, 0.717) is 12.5 Å².